The van der Waals surface area contributed by atoms with Gasteiger partial charge in [0, 0.05) is 6.04 Å². The number of ether oxygens (including phenoxy) is 1. The fourth-order valence-electron chi connectivity index (χ4n) is 1.86. The second kappa shape index (κ2) is 8.22. The van der Waals surface area contributed by atoms with Crippen LogP contribution >= 0.6 is 0 Å². The largest absolute Gasteiger partial charge is 0.487 e. The Morgan fingerprint density at radius 2 is 1.76 bits per heavy atom. The molecule has 1 atom stereocenters. The molecule has 1 aromatic rings. The topological polar surface area (TPSA) is 21.3 Å². The van der Waals surface area contributed by atoms with Crippen LogP contribution in [-0.4, -0.2) is 25.5 Å². The van der Waals surface area contributed by atoms with E-state index in [1.54, 1.807) is 12.1 Å². The van der Waals surface area contributed by atoms with Crippen molar-refractivity contribution in [1.82, 2.24) is 5.32 Å². The van der Waals surface area contributed by atoms with Crippen molar-refractivity contribution in [3.05, 3.63) is 29.8 Å². The first kappa shape index (κ1) is 17.8. The van der Waals surface area contributed by atoms with E-state index < -0.39 is 19.0 Å². The minimum absolute atomic E-state index is 0.157. The van der Waals surface area contributed by atoms with Crippen molar-refractivity contribution in [3.8, 4) is 5.75 Å². The maximum atomic E-state index is 12.7. The van der Waals surface area contributed by atoms with Crippen molar-refractivity contribution in [2.24, 2.45) is 0 Å². The molecule has 0 saturated heterocycles. The van der Waals surface area contributed by atoms with Gasteiger partial charge in [-0.05, 0) is 37.1 Å². The van der Waals surface area contributed by atoms with Gasteiger partial charge in [-0.1, -0.05) is 26.0 Å². The zero-order chi connectivity index (χ0) is 15.9. The highest BCUT2D eigenvalue weighted by atomic mass is 19.3. The monoisotopic (exact) mass is 307 g/mol. The van der Waals surface area contributed by atoms with Gasteiger partial charge in [0.2, 0.25) is 0 Å². The summed E-state index contributed by atoms with van der Waals surface area (Å²) in [5.74, 6) is -3.97. The second-order valence-electron chi connectivity index (χ2n) is 4.83. The standard InChI is InChI=1S/C15H21F4NO/c1-3-9-20-13(4-2)11-5-7-12(8-6-11)21-10-15(18,19)14(16)17/h5-8,13-14,20H,3-4,9-10H2,1-2H3. The van der Waals surface area contributed by atoms with E-state index in [-0.39, 0.29) is 11.8 Å². The highest BCUT2D eigenvalue weighted by Gasteiger charge is 2.41. The third-order valence-electron chi connectivity index (χ3n) is 3.08. The normalized spacial score (nSPS) is 13.5. The molecule has 0 fully saturated rings. The fraction of sp³-hybridized carbons (Fsp3) is 0.600. The van der Waals surface area contributed by atoms with E-state index in [9.17, 15) is 17.6 Å². The molecule has 0 aromatic heterocycles. The Morgan fingerprint density at radius 3 is 2.24 bits per heavy atom. The van der Waals surface area contributed by atoms with E-state index in [4.69, 9.17) is 4.74 Å². The fourth-order valence-corrected chi connectivity index (χ4v) is 1.86. The molecule has 1 rings (SSSR count). The van der Waals surface area contributed by atoms with Crippen molar-refractivity contribution >= 4 is 0 Å². The molecule has 1 aromatic carbocycles. The molecule has 0 aliphatic heterocycles. The maximum absolute atomic E-state index is 12.7. The van der Waals surface area contributed by atoms with Gasteiger partial charge < -0.3 is 10.1 Å². The molecule has 0 bridgehead atoms. The highest BCUT2D eigenvalue weighted by Crippen LogP contribution is 2.25. The molecule has 21 heavy (non-hydrogen) atoms. The number of hydrogen-bond donors (Lipinski definition) is 1. The lowest BCUT2D eigenvalue weighted by atomic mass is 10.0. The number of rotatable bonds is 9. The minimum atomic E-state index is -4.13. The van der Waals surface area contributed by atoms with Gasteiger partial charge in [0.15, 0.2) is 6.61 Å². The van der Waals surface area contributed by atoms with Crippen LogP contribution in [0.2, 0.25) is 0 Å². The number of halogens is 4. The van der Waals surface area contributed by atoms with E-state index in [2.05, 4.69) is 12.2 Å². The van der Waals surface area contributed by atoms with E-state index in [1.165, 1.54) is 12.1 Å². The van der Waals surface area contributed by atoms with Crippen LogP contribution in [0.4, 0.5) is 17.6 Å². The summed E-state index contributed by atoms with van der Waals surface area (Å²) in [6.07, 6.45) is -1.82. The Hall–Kier alpha value is -1.30. The molecule has 1 N–H and O–H groups in total. The molecule has 0 heterocycles. The van der Waals surface area contributed by atoms with Crippen LogP contribution in [0.15, 0.2) is 24.3 Å². The van der Waals surface area contributed by atoms with E-state index >= 15 is 0 Å². The smallest absolute Gasteiger partial charge is 0.340 e. The van der Waals surface area contributed by atoms with Crippen molar-refractivity contribution in [3.63, 3.8) is 0 Å². The summed E-state index contributed by atoms with van der Waals surface area (Å²) < 4.78 is 54.3. The van der Waals surface area contributed by atoms with Crippen LogP contribution < -0.4 is 10.1 Å². The molecule has 0 radical (unpaired) electrons. The first-order valence-electron chi connectivity index (χ1n) is 7.02. The quantitative estimate of drug-likeness (QED) is 0.682. The molecule has 6 heteroatoms. The lowest BCUT2D eigenvalue weighted by Gasteiger charge is -2.18. The van der Waals surface area contributed by atoms with Gasteiger partial charge in [-0.15, -0.1) is 0 Å². The Labute approximate surface area is 122 Å². The van der Waals surface area contributed by atoms with Gasteiger partial charge >= 0.3 is 12.3 Å². The average molecular weight is 307 g/mol. The van der Waals surface area contributed by atoms with Crippen LogP contribution in [0.3, 0.4) is 0 Å². The summed E-state index contributed by atoms with van der Waals surface area (Å²) in [5.41, 5.74) is 1.01. The lowest BCUT2D eigenvalue weighted by Crippen LogP contribution is -2.33. The molecule has 0 saturated carbocycles. The third kappa shape index (κ3) is 5.53. The number of hydrogen-bond acceptors (Lipinski definition) is 2. The zero-order valence-electron chi connectivity index (χ0n) is 12.2. The van der Waals surface area contributed by atoms with E-state index in [0.717, 1.165) is 24.9 Å². The van der Waals surface area contributed by atoms with Crippen molar-refractivity contribution in [2.75, 3.05) is 13.2 Å². The summed E-state index contributed by atoms with van der Waals surface area (Å²) >= 11 is 0. The summed E-state index contributed by atoms with van der Waals surface area (Å²) in [7, 11) is 0. The molecule has 120 valence electrons. The molecule has 1 unspecified atom stereocenters. The van der Waals surface area contributed by atoms with Crippen LogP contribution in [0.1, 0.15) is 38.3 Å². The number of benzene rings is 1. The zero-order valence-corrected chi connectivity index (χ0v) is 12.2. The first-order chi connectivity index (χ1) is 9.90. The van der Waals surface area contributed by atoms with Crippen LogP contribution in [0, 0.1) is 0 Å². The predicted molar refractivity (Wildman–Crippen MR) is 74.2 cm³/mol. The van der Waals surface area contributed by atoms with Crippen molar-refractivity contribution < 1.29 is 22.3 Å². The Balaban J connectivity index is 2.61. The van der Waals surface area contributed by atoms with Gasteiger partial charge in [-0.3, -0.25) is 0 Å². The maximum Gasteiger partial charge on any atom is 0.340 e. The average Bonchev–Trinajstić information content (AvgIpc) is 2.47. The Kier molecular flexibility index (Phi) is 6.95. The van der Waals surface area contributed by atoms with Gasteiger partial charge in [0.1, 0.15) is 5.75 Å². The molecule has 2 nitrogen and oxygen atoms in total. The van der Waals surface area contributed by atoms with Gasteiger partial charge in [0.05, 0.1) is 0 Å². The lowest BCUT2D eigenvalue weighted by molar-refractivity contribution is -0.148. The highest BCUT2D eigenvalue weighted by molar-refractivity contribution is 5.29. The van der Waals surface area contributed by atoms with Crippen molar-refractivity contribution in [2.45, 2.75) is 45.1 Å². The number of alkyl halides is 4. The SMILES string of the molecule is CCCNC(CC)c1ccc(OCC(F)(F)C(F)F)cc1. The first-order valence-corrected chi connectivity index (χ1v) is 7.02. The summed E-state index contributed by atoms with van der Waals surface area (Å²) in [6.45, 7) is 3.67. The predicted octanol–water partition coefficient (Wildman–Crippen LogP) is 4.42. The van der Waals surface area contributed by atoms with Gasteiger partial charge in [0.25, 0.3) is 0 Å². The third-order valence-corrected chi connectivity index (χ3v) is 3.08. The summed E-state index contributed by atoms with van der Waals surface area (Å²) in [4.78, 5) is 0. The van der Waals surface area contributed by atoms with E-state index in [1.807, 2.05) is 6.92 Å². The minimum Gasteiger partial charge on any atom is -0.487 e. The molecule has 0 aliphatic carbocycles. The van der Waals surface area contributed by atoms with Crippen LogP contribution in [0.5, 0.6) is 5.75 Å². The van der Waals surface area contributed by atoms with Crippen LogP contribution in [0.25, 0.3) is 0 Å². The van der Waals surface area contributed by atoms with Crippen molar-refractivity contribution in [1.29, 1.82) is 0 Å². The molecular weight excluding hydrogens is 286 g/mol. The summed E-state index contributed by atoms with van der Waals surface area (Å²) in [5, 5.41) is 3.37. The molecule has 0 spiro atoms. The van der Waals surface area contributed by atoms with E-state index in [0.29, 0.717) is 0 Å². The van der Waals surface area contributed by atoms with Gasteiger partial charge in [-0.25, -0.2) is 8.78 Å². The molecule has 0 amide bonds. The molecule has 0 aliphatic rings. The number of nitrogens with one attached hydrogen (secondary N) is 1. The second-order valence-corrected chi connectivity index (χ2v) is 4.83. The van der Waals surface area contributed by atoms with Crippen LogP contribution in [-0.2, 0) is 0 Å². The Bertz CT molecular complexity index is 409. The Morgan fingerprint density at radius 1 is 1.14 bits per heavy atom. The van der Waals surface area contributed by atoms with Gasteiger partial charge in [-0.2, -0.15) is 8.78 Å². The summed E-state index contributed by atoms with van der Waals surface area (Å²) in [6, 6.07) is 6.74. The molecular formula is C15H21F4NO.